The molecule has 180 valence electrons. The number of urea groups is 1. The van der Waals surface area contributed by atoms with Gasteiger partial charge in [0, 0.05) is 18.7 Å². The average molecular weight is 479 g/mol. The average Bonchev–Trinajstić information content (AvgIpc) is 2.90. The molecule has 0 bridgehead atoms. The Morgan fingerprint density at radius 2 is 1.53 bits per heavy atom. The first-order chi connectivity index (χ1) is 17.6. The summed E-state index contributed by atoms with van der Waals surface area (Å²) in [5, 5.41) is 19.2. The summed E-state index contributed by atoms with van der Waals surface area (Å²) in [6.07, 6.45) is 0.499. The third-order valence-electron chi connectivity index (χ3n) is 5.50. The summed E-state index contributed by atoms with van der Waals surface area (Å²) in [5.74, 6) is 1.01. The van der Waals surface area contributed by atoms with Gasteiger partial charge in [-0.1, -0.05) is 60.7 Å². The lowest BCUT2D eigenvalue weighted by Crippen LogP contribution is -2.49. The van der Waals surface area contributed by atoms with Crippen LogP contribution in [0.5, 0.6) is 11.5 Å². The number of nitrogens with one attached hydrogen (secondary N) is 3. The van der Waals surface area contributed by atoms with Gasteiger partial charge in [-0.3, -0.25) is 4.79 Å². The summed E-state index contributed by atoms with van der Waals surface area (Å²) in [4.78, 5) is 25.6. The first-order valence-corrected chi connectivity index (χ1v) is 11.6. The van der Waals surface area contributed by atoms with Crippen LogP contribution in [0.4, 0.5) is 10.5 Å². The fourth-order valence-corrected chi connectivity index (χ4v) is 3.73. The van der Waals surface area contributed by atoms with Gasteiger partial charge < -0.3 is 20.7 Å². The van der Waals surface area contributed by atoms with Crippen LogP contribution in [-0.4, -0.2) is 24.5 Å². The fourth-order valence-electron chi connectivity index (χ4n) is 3.73. The van der Waals surface area contributed by atoms with Crippen LogP contribution in [0.3, 0.4) is 0 Å². The molecule has 36 heavy (non-hydrogen) atoms. The number of carbonyl (C=O) groups is 2. The molecule has 0 aromatic heterocycles. The van der Waals surface area contributed by atoms with E-state index in [0.29, 0.717) is 17.9 Å². The van der Waals surface area contributed by atoms with Gasteiger partial charge in [-0.05, 0) is 52.7 Å². The third-order valence-corrected chi connectivity index (χ3v) is 5.50. The van der Waals surface area contributed by atoms with Crippen molar-refractivity contribution in [2.75, 3.05) is 11.9 Å². The molecule has 0 fully saturated rings. The van der Waals surface area contributed by atoms with Crippen molar-refractivity contribution in [1.29, 1.82) is 5.26 Å². The molecule has 1 atom stereocenters. The molecular formula is C29H26N4O3. The second-order valence-electron chi connectivity index (χ2n) is 8.18. The zero-order valence-corrected chi connectivity index (χ0v) is 19.6. The number of hydrogen-bond donors (Lipinski definition) is 3. The Balaban J connectivity index is 1.41. The van der Waals surface area contributed by atoms with Crippen molar-refractivity contribution >= 4 is 28.4 Å². The zero-order chi connectivity index (χ0) is 25.2. The number of fused-ring (bicyclic) bond motifs is 1. The predicted octanol–water partition coefficient (Wildman–Crippen LogP) is 5.39. The fraction of sp³-hybridized carbons (Fsp3) is 0.138. The molecule has 3 N–H and O–H groups in total. The number of rotatable bonds is 9. The molecule has 0 saturated carbocycles. The number of para-hydroxylation sites is 1. The number of nitriles is 1. The second kappa shape index (κ2) is 12.0. The van der Waals surface area contributed by atoms with Crippen LogP contribution in [0.15, 0.2) is 97.1 Å². The van der Waals surface area contributed by atoms with E-state index in [9.17, 15) is 9.59 Å². The normalized spacial score (nSPS) is 11.2. The summed E-state index contributed by atoms with van der Waals surface area (Å²) < 4.78 is 5.77. The van der Waals surface area contributed by atoms with E-state index in [-0.39, 0.29) is 18.9 Å². The Hall–Kier alpha value is -4.83. The summed E-state index contributed by atoms with van der Waals surface area (Å²) in [6.45, 7) is 0.218. The smallest absolute Gasteiger partial charge is 0.319 e. The standard InChI is InChI=1S/C29H26N4O3/c30-17-6-18-31-28(34)27(20-21-11-12-22-7-4-5-8-23(22)19-21)33-29(35)32-24-13-15-26(16-14-24)36-25-9-2-1-3-10-25/h1-5,7-16,19,27H,6,18,20H2,(H,31,34)(H2,32,33,35). The quantitative estimate of drug-likeness (QED) is 0.280. The first-order valence-electron chi connectivity index (χ1n) is 11.6. The summed E-state index contributed by atoms with van der Waals surface area (Å²) in [5.41, 5.74) is 1.47. The lowest BCUT2D eigenvalue weighted by Gasteiger charge is -2.19. The minimum absolute atomic E-state index is 0.192. The Morgan fingerprint density at radius 1 is 0.833 bits per heavy atom. The minimum atomic E-state index is -0.814. The van der Waals surface area contributed by atoms with E-state index in [1.54, 1.807) is 24.3 Å². The summed E-state index contributed by atoms with van der Waals surface area (Å²) >= 11 is 0. The van der Waals surface area contributed by atoms with E-state index >= 15 is 0 Å². The largest absolute Gasteiger partial charge is 0.457 e. The van der Waals surface area contributed by atoms with Gasteiger partial charge in [-0.2, -0.15) is 5.26 Å². The van der Waals surface area contributed by atoms with Gasteiger partial charge in [0.2, 0.25) is 5.91 Å². The topological polar surface area (TPSA) is 103 Å². The molecule has 3 amide bonds. The highest BCUT2D eigenvalue weighted by atomic mass is 16.5. The molecule has 7 heteroatoms. The summed E-state index contributed by atoms with van der Waals surface area (Å²) in [6, 6.07) is 31.0. The van der Waals surface area contributed by atoms with Crippen LogP contribution < -0.4 is 20.7 Å². The molecule has 0 aliphatic rings. The van der Waals surface area contributed by atoms with E-state index in [1.165, 1.54) is 0 Å². The Bertz CT molecular complexity index is 1360. The number of hydrogen-bond acceptors (Lipinski definition) is 4. The SMILES string of the molecule is N#CCCNC(=O)C(Cc1ccc2ccccc2c1)NC(=O)Nc1ccc(Oc2ccccc2)cc1. The van der Waals surface area contributed by atoms with Gasteiger partial charge in [0.25, 0.3) is 0 Å². The van der Waals surface area contributed by atoms with Crippen LogP contribution in [-0.2, 0) is 11.2 Å². The Morgan fingerprint density at radius 3 is 2.28 bits per heavy atom. The van der Waals surface area contributed by atoms with Crippen molar-refractivity contribution in [2.24, 2.45) is 0 Å². The maximum atomic E-state index is 12.8. The van der Waals surface area contributed by atoms with Crippen LogP contribution in [0.1, 0.15) is 12.0 Å². The van der Waals surface area contributed by atoms with Crippen LogP contribution in [0, 0.1) is 11.3 Å². The highest BCUT2D eigenvalue weighted by molar-refractivity contribution is 5.94. The van der Waals surface area contributed by atoms with E-state index in [4.69, 9.17) is 10.00 Å². The highest BCUT2D eigenvalue weighted by Crippen LogP contribution is 2.22. The molecule has 4 rings (SSSR count). The number of ether oxygens (including phenoxy) is 1. The third kappa shape index (κ3) is 6.84. The molecule has 4 aromatic rings. The molecule has 0 radical (unpaired) electrons. The second-order valence-corrected chi connectivity index (χ2v) is 8.18. The number of anilines is 1. The van der Waals surface area contributed by atoms with E-state index in [1.807, 2.05) is 78.9 Å². The number of carbonyl (C=O) groups excluding carboxylic acids is 2. The van der Waals surface area contributed by atoms with Gasteiger partial charge in [-0.15, -0.1) is 0 Å². The van der Waals surface area contributed by atoms with E-state index in [0.717, 1.165) is 22.1 Å². The van der Waals surface area contributed by atoms with Gasteiger partial charge in [0.05, 0.1) is 12.5 Å². The minimum Gasteiger partial charge on any atom is -0.457 e. The Kier molecular flexibility index (Phi) is 8.13. The highest BCUT2D eigenvalue weighted by Gasteiger charge is 2.21. The number of benzene rings is 4. The molecule has 0 heterocycles. The maximum Gasteiger partial charge on any atom is 0.319 e. The lowest BCUT2D eigenvalue weighted by atomic mass is 10.0. The van der Waals surface area contributed by atoms with Crippen molar-refractivity contribution in [3.8, 4) is 17.6 Å². The van der Waals surface area contributed by atoms with E-state index in [2.05, 4.69) is 16.0 Å². The number of nitrogens with zero attached hydrogens (tertiary/aromatic N) is 1. The molecule has 1 unspecified atom stereocenters. The van der Waals surface area contributed by atoms with Gasteiger partial charge in [-0.25, -0.2) is 4.79 Å². The van der Waals surface area contributed by atoms with Crippen LogP contribution in [0.2, 0.25) is 0 Å². The molecular weight excluding hydrogens is 452 g/mol. The Labute approximate surface area is 209 Å². The predicted molar refractivity (Wildman–Crippen MR) is 140 cm³/mol. The molecule has 7 nitrogen and oxygen atoms in total. The molecule has 0 spiro atoms. The first kappa shape index (κ1) is 24.3. The summed E-state index contributed by atoms with van der Waals surface area (Å²) in [7, 11) is 0. The van der Waals surface area contributed by atoms with Crippen molar-refractivity contribution in [1.82, 2.24) is 10.6 Å². The maximum absolute atomic E-state index is 12.8. The van der Waals surface area contributed by atoms with Crippen LogP contribution >= 0.6 is 0 Å². The molecule has 0 saturated heterocycles. The molecule has 0 aliphatic heterocycles. The van der Waals surface area contributed by atoms with Crippen molar-refractivity contribution in [3.05, 3.63) is 103 Å². The van der Waals surface area contributed by atoms with Gasteiger partial charge in [0.1, 0.15) is 17.5 Å². The number of amides is 3. The van der Waals surface area contributed by atoms with Crippen molar-refractivity contribution in [2.45, 2.75) is 18.9 Å². The monoisotopic (exact) mass is 478 g/mol. The molecule has 4 aromatic carbocycles. The van der Waals surface area contributed by atoms with Crippen LogP contribution in [0.25, 0.3) is 10.8 Å². The van der Waals surface area contributed by atoms with Crippen molar-refractivity contribution in [3.63, 3.8) is 0 Å². The lowest BCUT2D eigenvalue weighted by molar-refractivity contribution is -0.122. The van der Waals surface area contributed by atoms with Gasteiger partial charge in [0.15, 0.2) is 0 Å². The zero-order valence-electron chi connectivity index (χ0n) is 19.6. The van der Waals surface area contributed by atoms with E-state index < -0.39 is 12.1 Å². The van der Waals surface area contributed by atoms with Crippen molar-refractivity contribution < 1.29 is 14.3 Å². The molecule has 0 aliphatic carbocycles. The van der Waals surface area contributed by atoms with Gasteiger partial charge >= 0.3 is 6.03 Å².